The molecular weight excluding hydrogens is 302 g/mol. The number of hydrogen-bond donors (Lipinski definition) is 3. The minimum Gasteiger partial charge on any atom is -0.478 e. The minimum atomic E-state index is -1.35. The molecule has 23 heavy (non-hydrogen) atoms. The molecule has 7 nitrogen and oxygen atoms in total. The molecule has 0 aliphatic rings. The number of carbonyl (C=O) groups is 3. The van der Waals surface area contributed by atoms with E-state index in [1.165, 1.54) is 19.1 Å². The van der Waals surface area contributed by atoms with Crippen molar-refractivity contribution in [3.8, 4) is 11.5 Å². The zero-order chi connectivity index (χ0) is 17.0. The second-order valence-electron chi connectivity index (χ2n) is 4.63. The minimum absolute atomic E-state index is 0.194. The lowest BCUT2D eigenvalue weighted by Crippen LogP contribution is -2.08. The van der Waals surface area contributed by atoms with Crippen molar-refractivity contribution in [2.24, 2.45) is 0 Å². The highest BCUT2D eigenvalue weighted by Gasteiger charge is 2.17. The molecule has 0 radical (unpaired) electrons. The van der Waals surface area contributed by atoms with Crippen LogP contribution in [0.3, 0.4) is 0 Å². The maximum absolute atomic E-state index is 11.1. The molecule has 7 heteroatoms. The first-order valence-electron chi connectivity index (χ1n) is 6.53. The van der Waals surface area contributed by atoms with Crippen LogP contribution in [0.25, 0.3) is 0 Å². The summed E-state index contributed by atoms with van der Waals surface area (Å²) in [5, 5.41) is 20.6. The van der Waals surface area contributed by atoms with Gasteiger partial charge in [-0.1, -0.05) is 0 Å². The van der Waals surface area contributed by atoms with Crippen LogP contribution in [-0.4, -0.2) is 28.1 Å². The maximum Gasteiger partial charge on any atom is 0.336 e. The van der Waals surface area contributed by atoms with E-state index >= 15 is 0 Å². The Labute approximate surface area is 131 Å². The van der Waals surface area contributed by atoms with E-state index in [4.69, 9.17) is 14.9 Å². The van der Waals surface area contributed by atoms with E-state index in [0.29, 0.717) is 11.4 Å². The van der Waals surface area contributed by atoms with Gasteiger partial charge < -0.3 is 20.3 Å². The van der Waals surface area contributed by atoms with Crippen molar-refractivity contribution in [2.45, 2.75) is 6.92 Å². The molecule has 0 atom stereocenters. The van der Waals surface area contributed by atoms with Gasteiger partial charge >= 0.3 is 11.9 Å². The fraction of sp³-hybridized carbons (Fsp3) is 0.0625. The van der Waals surface area contributed by atoms with Gasteiger partial charge in [0.25, 0.3) is 0 Å². The van der Waals surface area contributed by atoms with Gasteiger partial charge in [-0.2, -0.15) is 0 Å². The molecular formula is C16H13NO6. The number of carboxylic acid groups (broad SMARTS) is 2. The second-order valence-corrected chi connectivity index (χ2v) is 4.63. The molecule has 0 saturated heterocycles. The summed E-state index contributed by atoms with van der Waals surface area (Å²) in [4.78, 5) is 33.0. The zero-order valence-electron chi connectivity index (χ0n) is 12.1. The fourth-order valence-corrected chi connectivity index (χ4v) is 1.90. The Hall–Kier alpha value is -3.35. The summed E-state index contributed by atoms with van der Waals surface area (Å²) in [7, 11) is 0. The van der Waals surface area contributed by atoms with Gasteiger partial charge in [0.15, 0.2) is 0 Å². The van der Waals surface area contributed by atoms with Crippen LogP contribution in [0.4, 0.5) is 5.69 Å². The quantitative estimate of drug-likeness (QED) is 0.782. The van der Waals surface area contributed by atoms with Crippen LogP contribution in [0.1, 0.15) is 27.6 Å². The summed E-state index contributed by atoms with van der Waals surface area (Å²) in [6, 6.07) is 10.1. The normalized spacial score (nSPS) is 9.96. The number of aromatic carboxylic acids is 2. The van der Waals surface area contributed by atoms with Gasteiger partial charge in [0, 0.05) is 12.6 Å². The van der Waals surface area contributed by atoms with Crippen LogP contribution in [0.15, 0.2) is 42.5 Å². The third kappa shape index (κ3) is 4.07. The lowest BCUT2D eigenvalue weighted by atomic mass is 10.1. The number of anilines is 1. The maximum atomic E-state index is 11.1. The highest BCUT2D eigenvalue weighted by atomic mass is 16.5. The molecule has 0 spiro atoms. The van der Waals surface area contributed by atoms with E-state index in [-0.39, 0.29) is 22.8 Å². The molecule has 0 unspecified atom stereocenters. The van der Waals surface area contributed by atoms with Gasteiger partial charge in [0.05, 0.1) is 11.1 Å². The molecule has 0 bridgehead atoms. The smallest absolute Gasteiger partial charge is 0.336 e. The molecule has 1 amide bonds. The summed E-state index contributed by atoms with van der Waals surface area (Å²) < 4.78 is 5.49. The number of nitrogens with one attached hydrogen (secondary N) is 1. The fourth-order valence-electron chi connectivity index (χ4n) is 1.90. The van der Waals surface area contributed by atoms with Crippen LogP contribution >= 0.6 is 0 Å². The number of benzene rings is 2. The van der Waals surface area contributed by atoms with E-state index < -0.39 is 11.9 Å². The molecule has 0 aliphatic carbocycles. The number of ether oxygens (including phenoxy) is 1. The summed E-state index contributed by atoms with van der Waals surface area (Å²) in [6.45, 7) is 1.39. The van der Waals surface area contributed by atoms with Gasteiger partial charge in [-0.15, -0.1) is 0 Å². The van der Waals surface area contributed by atoms with Crippen molar-refractivity contribution < 1.29 is 29.3 Å². The SMILES string of the molecule is CC(=O)Nc1ccc(Oc2ccc(C(=O)O)c(C(=O)O)c2)cc1. The summed E-state index contributed by atoms with van der Waals surface area (Å²) in [5.41, 5.74) is -0.0759. The van der Waals surface area contributed by atoms with Crippen molar-refractivity contribution >= 4 is 23.5 Å². The topological polar surface area (TPSA) is 113 Å². The second kappa shape index (κ2) is 6.61. The van der Waals surface area contributed by atoms with E-state index in [9.17, 15) is 14.4 Å². The average molecular weight is 315 g/mol. The molecule has 2 rings (SSSR count). The van der Waals surface area contributed by atoms with Gasteiger partial charge in [-0.25, -0.2) is 9.59 Å². The van der Waals surface area contributed by atoms with Gasteiger partial charge in [-0.05, 0) is 42.5 Å². The highest BCUT2D eigenvalue weighted by Crippen LogP contribution is 2.25. The summed E-state index contributed by atoms with van der Waals surface area (Å²) in [6.07, 6.45) is 0. The van der Waals surface area contributed by atoms with E-state index in [2.05, 4.69) is 5.32 Å². The lowest BCUT2D eigenvalue weighted by Gasteiger charge is -2.09. The van der Waals surface area contributed by atoms with Crippen LogP contribution < -0.4 is 10.1 Å². The summed E-state index contributed by atoms with van der Waals surface area (Å²) >= 11 is 0. The molecule has 0 aliphatic heterocycles. The zero-order valence-corrected chi connectivity index (χ0v) is 12.1. The molecule has 2 aromatic carbocycles. The van der Waals surface area contributed by atoms with Crippen LogP contribution in [0.2, 0.25) is 0 Å². The standard InChI is InChI=1S/C16H13NO6/c1-9(18)17-10-2-4-11(5-3-10)23-12-6-7-13(15(19)20)14(8-12)16(21)22/h2-8H,1H3,(H,17,18)(H,19,20)(H,21,22). The van der Waals surface area contributed by atoms with Crippen molar-refractivity contribution in [1.82, 2.24) is 0 Å². The average Bonchev–Trinajstić information content (AvgIpc) is 2.48. The first kappa shape index (κ1) is 16.0. The number of carbonyl (C=O) groups excluding carboxylic acids is 1. The Balaban J connectivity index is 2.23. The Morgan fingerprint density at radius 2 is 1.43 bits per heavy atom. The number of hydrogen-bond acceptors (Lipinski definition) is 4. The predicted molar refractivity (Wildman–Crippen MR) is 81.2 cm³/mol. The third-order valence-electron chi connectivity index (χ3n) is 2.86. The largest absolute Gasteiger partial charge is 0.478 e. The van der Waals surface area contributed by atoms with Crippen LogP contribution in [-0.2, 0) is 4.79 Å². The monoisotopic (exact) mass is 315 g/mol. The number of amides is 1. The predicted octanol–water partition coefficient (Wildman–Crippen LogP) is 2.83. The van der Waals surface area contributed by atoms with Gasteiger partial charge in [-0.3, -0.25) is 4.79 Å². The molecule has 0 aromatic heterocycles. The molecule has 0 fully saturated rings. The van der Waals surface area contributed by atoms with Crippen molar-refractivity contribution in [3.05, 3.63) is 53.6 Å². The molecule has 2 aromatic rings. The van der Waals surface area contributed by atoms with Crippen molar-refractivity contribution in [3.63, 3.8) is 0 Å². The van der Waals surface area contributed by atoms with E-state index in [0.717, 1.165) is 6.07 Å². The molecule has 0 saturated carbocycles. The Morgan fingerprint density at radius 3 is 1.96 bits per heavy atom. The van der Waals surface area contributed by atoms with E-state index in [1.54, 1.807) is 24.3 Å². The van der Waals surface area contributed by atoms with Gasteiger partial charge in [0.1, 0.15) is 11.5 Å². The Morgan fingerprint density at radius 1 is 0.870 bits per heavy atom. The van der Waals surface area contributed by atoms with Crippen molar-refractivity contribution in [2.75, 3.05) is 5.32 Å². The highest BCUT2D eigenvalue weighted by molar-refractivity contribution is 6.02. The first-order chi connectivity index (χ1) is 10.9. The molecule has 118 valence electrons. The number of rotatable bonds is 5. The Kier molecular flexibility index (Phi) is 4.61. The van der Waals surface area contributed by atoms with Gasteiger partial charge in [0.2, 0.25) is 5.91 Å². The van der Waals surface area contributed by atoms with Crippen LogP contribution in [0.5, 0.6) is 11.5 Å². The Bertz CT molecular complexity index is 767. The summed E-state index contributed by atoms with van der Waals surface area (Å²) in [5.74, 6) is -2.27. The van der Waals surface area contributed by atoms with Crippen molar-refractivity contribution in [1.29, 1.82) is 0 Å². The molecule has 3 N–H and O–H groups in total. The molecule has 0 heterocycles. The third-order valence-corrected chi connectivity index (χ3v) is 2.86. The van der Waals surface area contributed by atoms with Crippen LogP contribution in [0, 0.1) is 0 Å². The number of carboxylic acids is 2. The van der Waals surface area contributed by atoms with E-state index in [1.807, 2.05) is 0 Å². The first-order valence-corrected chi connectivity index (χ1v) is 6.53. The lowest BCUT2D eigenvalue weighted by molar-refractivity contribution is -0.114.